The van der Waals surface area contributed by atoms with Crippen molar-refractivity contribution >= 4 is 17.8 Å². The first-order chi connectivity index (χ1) is 11.9. The van der Waals surface area contributed by atoms with E-state index in [1.165, 1.54) is 12.1 Å². The van der Waals surface area contributed by atoms with Crippen LogP contribution in [0.25, 0.3) is 0 Å². The highest BCUT2D eigenvalue weighted by Crippen LogP contribution is 2.23. The maximum atomic E-state index is 12.2. The van der Waals surface area contributed by atoms with Crippen LogP contribution in [0.4, 0.5) is 0 Å². The quantitative estimate of drug-likeness (QED) is 0.791. The van der Waals surface area contributed by atoms with Gasteiger partial charge >= 0.3 is 5.97 Å². The summed E-state index contributed by atoms with van der Waals surface area (Å²) in [5.74, 6) is -1.29. The number of aromatic nitrogens is 2. The molecule has 0 spiro atoms. The second-order valence-electron chi connectivity index (χ2n) is 5.73. The summed E-state index contributed by atoms with van der Waals surface area (Å²) >= 11 is 0. The molecule has 0 N–H and O–H groups in total. The van der Waals surface area contributed by atoms with Crippen LogP contribution in [-0.4, -0.2) is 32.8 Å². The second-order valence-corrected chi connectivity index (χ2v) is 5.73. The largest absolute Gasteiger partial charge is 0.337 e. The second kappa shape index (κ2) is 6.43. The van der Waals surface area contributed by atoms with Gasteiger partial charge in [0.15, 0.2) is 0 Å². The third-order valence-electron chi connectivity index (χ3n) is 4.05. The standard InChI is InChI=1S/C18H17N3O4/c1-4-15-19-10(2)14(11(3)20-15)9-16(22)25-21-17(23)12-7-5-6-8-13(12)18(21)24/h5-8H,4,9H2,1-3H3. The van der Waals surface area contributed by atoms with Crippen molar-refractivity contribution < 1.29 is 19.2 Å². The predicted octanol–water partition coefficient (Wildman–Crippen LogP) is 1.95. The number of carbonyl (C=O) groups excluding carboxylic acids is 3. The van der Waals surface area contributed by atoms with Gasteiger partial charge in [-0.2, -0.15) is 0 Å². The Balaban J connectivity index is 1.77. The fourth-order valence-corrected chi connectivity index (χ4v) is 2.75. The molecule has 3 rings (SSSR count). The summed E-state index contributed by atoms with van der Waals surface area (Å²) < 4.78 is 0. The zero-order valence-corrected chi connectivity index (χ0v) is 14.2. The van der Waals surface area contributed by atoms with Gasteiger partial charge in [-0.05, 0) is 26.0 Å². The first kappa shape index (κ1) is 16.8. The van der Waals surface area contributed by atoms with Crippen LogP contribution in [0.2, 0.25) is 0 Å². The van der Waals surface area contributed by atoms with Crippen LogP contribution in [0, 0.1) is 13.8 Å². The maximum absolute atomic E-state index is 12.2. The van der Waals surface area contributed by atoms with E-state index in [0.717, 1.165) is 0 Å². The molecular formula is C18H17N3O4. The molecule has 0 atom stereocenters. The first-order valence-corrected chi connectivity index (χ1v) is 7.94. The summed E-state index contributed by atoms with van der Waals surface area (Å²) in [6, 6.07) is 6.34. The SMILES string of the molecule is CCc1nc(C)c(CC(=O)ON2C(=O)c3ccccc3C2=O)c(C)n1. The number of imide groups is 1. The Bertz CT molecular complexity index is 834. The molecule has 25 heavy (non-hydrogen) atoms. The highest BCUT2D eigenvalue weighted by atomic mass is 16.7. The Hall–Kier alpha value is -3.09. The lowest BCUT2D eigenvalue weighted by molar-refractivity contribution is -0.167. The fourth-order valence-electron chi connectivity index (χ4n) is 2.75. The summed E-state index contributed by atoms with van der Waals surface area (Å²) in [5, 5.41) is 0.513. The molecule has 0 unspecified atom stereocenters. The monoisotopic (exact) mass is 339 g/mol. The fraction of sp³-hybridized carbons (Fsp3) is 0.278. The molecule has 1 aromatic carbocycles. The molecule has 7 heteroatoms. The van der Waals surface area contributed by atoms with Crippen LogP contribution in [0.15, 0.2) is 24.3 Å². The average molecular weight is 339 g/mol. The first-order valence-electron chi connectivity index (χ1n) is 7.94. The van der Waals surface area contributed by atoms with Gasteiger partial charge in [-0.15, -0.1) is 0 Å². The van der Waals surface area contributed by atoms with Crippen LogP contribution in [0.1, 0.15) is 50.4 Å². The number of amides is 2. The van der Waals surface area contributed by atoms with Crippen LogP contribution < -0.4 is 0 Å². The number of carbonyl (C=O) groups is 3. The summed E-state index contributed by atoms with van der Waals surface area (Å²) in [6.07, 6.45) is 0.580. The van der Waals surface area contributed by atoms with E-state index < -0.39 is 17.8 Å². The molecule has 1 aromatic heterocycles. The molecule has 0 saturated heterocycles. The van der Waals surface area contributed by atoms with E-state index >= 15 is 0 Å². The summed E-state index contributed by atoms with van der Waals surface area (Å²) in [7, 11) is 0. The van der Waals surface area contributed by atoms with Crippen molar-refractivity contribution in [1.82, 2.24) is 15.0 Å². The van der Waals surface area contributed by atoms with Gasteiger partial charge in [0, 0.05) is 23.4 Å². The molecule has 128 valence electrons. The summed E-state index contributed by atoms with van der Waals surface area (Å²) in [5.41, 5.74) is 2.46. The molecule has 2 heterocycles. The lowest BCUT2D eigenvalue weighted by Crippen LogP contribution is -2.33. The highest BCUT2D eigenvalue weighted by molar-refractivity contribution is 6.20. The Kier molecular flexibility index (Phi) is 4.31. The maximum Gasteiger partial charge on any atom is 0.337 e. The highest BCUT2D eigenvalue weighted by Gasteiger charge is 2.38. The third-order valence-corrected chi connectivity index (χ3v) is 4.05. The Labute approximate surface area is 144 Å². The Morgan fingerprint density at radius 1 is 1.04 bits per heavy atom. The minimum Gasteiger partial charge on any atom is -0.329 e. The van der Waals surface area contributed by atoms with Gasteiger partial charge in [-0.1, -0.05) is 24.1 Å². The molecule has 7 nitrogen and oxygen atoms in total. The lowest BCUT2D eigenvalue weighted by atomic mass is 10.1. The number of hydroxylamine groups is 2. The number of nitrogens with zero attached hydrogens (tertiary/aromatic N) is 3. The van der Waals surface area contributed by atoms with Gasteiger partial charge < -0.3 is 4.84 Å². The van der Waals surface area contributed by atoms with Gasteiger partial charge in [0.2, 0.25) is 0 Å². The summed E-state index contributed by atoms with van der Waals surface area (Å²) in [4.78, 5) is 50.4. The van der Waals surface area contributed by atoms with E-state index in [4.69, 9.17) is 4.84 Å². The van der Waals surface area contributed by atoms with E-state index in [0.29, 0.717) is 34.3 Å². The van der Waals surface area contributed by atoms with Crippen LogP contribution in [-0.2, 0) is 22.5 Å². The van der Waals surface area contributed by atoms with Gasteiger partial charge in [-0.25, -0.2) is 14.8 Å². The zero-order chi connectivity index (χ0) is 18.1. The van der Waals surface area contributed by atoms with E-state index in [1.807, 2.05) is 6.92 Å². The van der Waals surface area contributed by atoms with Crippen molar-refractivity contribution in [3.8, 4) is 0 Å². The minimum absolute atomic E-state index is 0.116. The smallest absolute Gasteiger partial charge is 0.329 e. The van der Waals surface area contributed by atoms with Crippen molar-refractivity contribution in [1.29, 1.82) is 0 Å². The molecule has 1 aliphatic rings. The molecule has 2 aromatic rings. The van der Waals surface area contributed by atoms with Crippen LogP contribution >= 0.6 is 0 Å². The number of rotatable bonds is 4. The van der Waals surface area contributed by atoms with Gasteiger partial charge in [0.1, 0.15) is 5.82 Å². The molecule has 2 amide bonds. The van der Waals surface area contributed by atoms with Crippen LogP contribution in [0.3, 0.4) is 0 Å². The normalized spacial score (nSPS) is 13.2. The minimum atomic E-state index is -0.714. The van der Waals surface area contributed by atoms with E-state index in [-0.39, 0.29) is 17.5 Å². The molecule has 0 aliphatic carbocycles. The van der Waals surface area contributed by atoms with Crippen molar-refractivity contribution in [3.05, 3.63) is 58.2 Å². The van der Waals surface area contributed by atoms with Crippen molar-refractivity contribution in [3.63, 3.8) is 0 Å². The summed E-state index contributed by atoms with van der Waals surface area (Å²) in [6.45, 7) is 5.53. The molecule has 0 bridgehead atoms. The average Bonchev–Trinajstić information content (AvgIpc) is 2.83. The van der Waals surface area contributed by atoms with Gasteiger partial charge in [-0.3, -0.25) is 9.59 Å². The Morgan fingerprint density at radius 3 is 2.04 bits per heavy atom. The van der Waals surface area contributed by atoms with Crippen molar-refractivity contribution in [2.75, 3.05) is 0 Å². The number of hydrogen-bond acceptors (Lipinski definition) is 6. The topological polar surface area (TPSA) is 89.5 Å². The third kappa shape index (κ3) is 3.00. The molecule has 0 saturated carbocycles. The number of hydrogen-bond donors (Lipinski definition) is 0. The number of benzene rings is 1. The number of fused-ring (bicyclic) bond motifs is 1. The van der Waals surface area contributed by atoms with Gasteiger partial charge in [0.05, 0.1) is 17.5 Å². The van der Waals surface area contributed by atoms with Crippen molar-refractivity contribution in [2.24, 2.45) is 0 Å². The number of aryl methyl sites for hydroxylation is 3. The van der Waals surface area contributed by atoms with Crippen molar-refractivity contribution in [2.45, 2.75) is 33.6 Å². The predicted molar refractivity (Wildman–Crippen MR) is 87.6 cm³/mol. The molecule has 1 aliphatic heterocycles. The lowest BCUT2D eigenvalue weighted by Gasteiger charge is -2.14. The van der Waals surface area contributed by atoms with Crippen LogP contribution in [0.5, 0.6) is 0 Å². The van der Waals surface area contributed by atoms with E-state index in [9.17, 15) is 14.4 Å². The Morgan fingerprint density at radius 2 is 1.56 bits per heavy atom. The van der Waals surface area contributed by atoms with E-state index in [2.05, 4.69) is 9.97 Å². The molecular weight excluding hydrogens is 322 g/mol. The van der Waals surface area contributed by atoms with E-state index in [1.54, 1.807) is 26.0 Å². The van der Waals surface area contributed by atoms with Gasteiger partial charge in [0.25, 0.3) is 11.8 Å². The molecule has 0 radical (unpaired) electrons. The molecule has 0 fully saturated rings. The zero-order valence-electron chi connectivity index (χ0n) is 14.2.